The average molecular weight is 196 g/mol. The molecule has 13 heavy (non-hydrogen) atoms. The van der Waals surface area contributed by atoms with Crippen LogP contribution in [-0.2, 0) is 0 Å². The molecule has 0 bridgehead atoms. The molecule has 0 aliphatic carbocycles. The van der Waals surface area contributed by atoms with Crippen molar-refractivity contribution in [1.82, 2.24) is 5.32 Å². The lowest BCUT2D eigenvalue weighted by molar-refractivity contribution is 0.647. The van der Waals surface area contributed by atoms with E-state index in [0.717, 1.165) is 11.6 Å². The van der Waals surface area contributed by atoms with Crippen LogP contribution in [0.4, 0.5) is 0 Å². The highest BCUT2D eigenvalue weighted by molar-refractivity contribution is 6.31. The summed E-state index contributed by atoms with van der Waals surface area (Å²) in [7, 11) is 0. The highest BCUT2D eigenvalue weighted by atomic mass is 35.5. The minimum absolute atomic E-state index is 0.552. The molecule has 1 saturated heterocycles. The van der Waals surface area contributed by atoms with Gasteiger partial charge in [-0.3, -0.25) is 0 Å². The van der Waals surface area contributed by atoms with E-state index in [2.05, 4.69) is 24.4 Å². The summed E-state index contributed by atoms with van der Waals surface area (Å²) in [6.07, 6.45) is 2.54. The predicted octanol–water partition coefficient (Wildman–Crippen LogP) is 3.07. The van der Waals surface area contributed by atoms with Crippen molar-refractivity contribution in [3.05, 3.63) is 34.3 Å². The van der Waals surface area contributed by atoms with Gasteiger partial charge in [0.25, 0.3) is 0 Å². The van der Waals surface area contributed by atoms with Gasteiger partial charge in [-0.05, 0) is 43.5 Å². The zero-order chi connectivity index (χ0) is 9.26. The van der Waals surface area contributed by atoms with Crippen molar-refractivity contribution < 1.29 is 0 Å². The second-order valence-corrected chi connectivity index (χ2v) is 4.06. The molecule has 0 amide bonds. The van der Waals surface area contributed by atoms with E-state index in [4.69, 9.17) is 11.6 Å². The van der Waals surface area contributed by atoms with Crippen molar-refractivity contribution in [1.29, 1.82) is 0 Å². The summed E-state index contributed by atoms with van der Waals surface area (Å²) in [5.74, 6) is 0. The molecule has 1 heterocycles. The first-order valence-electron chi connectivity index (χ1n) is 4.77. The van der Waals surface area contributed by atoms with Gasteiger partial charge in [0, 0.05) is 11.1 Å². The van der Waals surface area contributed by atoms with Gasteiger partial charge in [0.2, 0.25) is 0 Å². The van der Waals surface area contributed by atoms with Crippen molar-refractivity contribution in [3.63, 3.8) is 0 Å². The van der Waals surface area contributed by atoms with Crippen LogP contribution in [-0.4, -0.2) is 6.54 Å². The molecule has 1 aromatic rings. The maximum Gasteiger partial charge on any atom is 0.0435 e. The fraction of sp³-hybridized carbons (Fsp3) is 0.455. The van der Waals surface area contributed by atoms with Crippen molar-refractivity contribution in [2.45, 2.75) is 25.8 Å². The first-order valence-corrected chi connectivity index (χ1v) is 5.14. The molecule has 70 valence electrons. The summed E-state index contributed by atoms with van der Waals surface area (Å²) < 4.78 is 0. The highest BCUT2D eigenvalue weighted by Gasteiger charge is 2.15. The molecule has 2 rings (SSSR count). The van der Waals surface area contributed by atoms with E-state index in [9.17, 15) is 0 Å². The highest BCUT2D eigenvalue weighted by Crippen LogP contribution is 2.26. The zero-order valence-electron chi connectivity index (χ0n) is 7.81. The Balaban J connectivity index is 2.25. The summed E-state index contributed by atoms with van der Waals surface area (Å²) >= 11 is 5.97. The Morgan fingerprint density at radius 2 is 2.31 bits per heavy atom. The number of hydrogen-bond donors (Lipinski definition) is 1. The first-order chi connectivity index (χ1) is 6.27. The topological polar surface area (TPSA) is 12.0 Å². The van der Waals surface area contributed by atoms with E-state index >= 15 is 0 Å². The van der Waals surface area contributed by atoms with Crippen LogP contribution in [0.15, 0.2) is 18.2 Å². The molecule has 1 nitrogen and oxygen atoms in total. The van der Waals surface area contributed by atoms with E-state index in [1.807, 2.05) is 6.07 Å². The number of hydrogen-bond acceptors (Lipinski definition) is 1. The lowest BCUT2D eigenvalue weighted by Gasteiger charge is -2.11. The summed E-state index contributed by atoms with van der Waals surface area (Å²) in [5.41, 5.74) is 2.55. The molecular formula is C11H14ClN. The molecule has 1 aliphatic heterocycles. The molecule has 0 unspecified atom stereocenters. The molecule has 0 radical (unpaired) electrons. The van der Waals surface area contributed by atoms with Gasteiger partial charge in [-0.2, -0.15) is 0 Å². The van der Waals surface area contributed by atoms with Gasteiger partial charge in [0.05, 0.1) is 0 Å². The van der Waals surface area contributed by atoms with Gasteiger partial charge in [-0.25, -0.2) is 0 Å². The van der Waals surface area contributed by atoms with E-state index in [-0.39, 0.29) is 0 Å². The fourth-order valence-electron chi connectivity index (χ4n) is 1.85. The summed E-state index contributed by atoms with van der Waals surface area (Å²) in [6, 6.07) is 6.85. The monoisotopic (exact) mass is 195 g/mol. The largest absolute Gasteiger partial charge is 0.310 e. The van der Waals surface area contributed by atoms with Gasteiger partial charge in [0.1, 0.15) is 0 Å². The van der Waals surface area contributed by atoms with Crippen LogP contribution in [0, 0.1) is 6.92 Å². The van der Waals surface area contributed by atoms with E-state index in [1.165, 1.54) is 24.0 Å². The third-order valence-corrected chi connectivity index (χ3v) is 3.07. The number of halogens is 1. The van der Waals surface area contributed by atoms with Crippen LogP contribution in [0.3, 0.4) is 0 Å². The van der Waals surface area contributed by atoms with E-state index in [1.54, 1.807) is 0 Å². The minimum atomic E-state index is 0.552. The van der Waals surface area contributed by atoms with Crippen LogP contribution in [0.1, 0.15) is 30.0 Å². The molecule has 1 aliphatic rings. The fourth-order valence-corrected chi connectivity index (χ4v) is 1.97. The molecule has 0 aromatic heterocycles. The third-order valence-electron chi connectivity index (χ3n) is 2.64. The van der Waals surface area contributed by atoms with Crippen LogP contribution >= 0.6 is 11.6 Å². The molecule has 1 N–H and O–H groups in total. The predicted molar refractivity (Wildman–Crippen MR) is 56.2 cm³/mol. The Hall–Kier alpha value is -0.530. The van der Waals surface area contributed by atoms with Crippen LogP contribution in [0.2, 0.25) is 5.02 Å². The molecule has 0 spiro atoms. The van der Waals surface area contributed by atoms with Crippen molar-refractivity contribution in [2.24, 2.45) is 0 Å². The van der Waals surface area contributed by atoms with Crippen molar-refractivity contribution >= 4 is 11.6 Å². The lowest BCUT2D eigenvalue weighted by atomic mass is 10.0. The van der Waals surface area contributed by atoms with Gasteiger partial charge >= 0.3 is 0 Å². The molecule has 1 aromatic carbocycles. The average Bonchev–Trinajstić information content (AvgIpc) is 2.62. The van der Waals surface area contributed by atoms with E-state index in [0.29, 0.717) is 6.04 Å². The second-order valence-electron chi connectivity index (χ2n) is 3.66. The number of aryl methyl sites for hydroxylation is 1. The van der Waals surface area contributed by atoms with Gasteiger partial charge < -0.3 is 5.32 Å². The molecule has 2 heteroatoms. The van der Waals surface area contributed by atoms with E-state index < -0.39 is 0 Å². The van der Waals surface area contributed by atoms with Gasteiger partial charge in [-0.1, -0.05) is 23.7 Å². The van der Waals surface area contributed by atoms with Crippen molar-refractivity contribution in [3.8, 4) is 0 Å². The Morgan fingerprint density at radius 1 is 1.46 bits per heavy atom. The SMILES string of the molecule is Cc1cc([C@@H]2CCCN2)ccc1Cl. The minimum Gasteiger partial charge on any atom is -0.310 e. The summed E-state index contributed by atoms with van der Waals surface area (Å²) in [4.78, 5) is 0. The first kappa shape index (κ1) is 9.04. The molecule has 1 atom stereocenters. The van der Waals surface area contributed by atoms with Gasteiger partial charge in [-0.15, -0.1) is 0 Å². The van der Waals surface area contributed by atoms with Gasteiger partial charge in [0.15, 0.2) is 0 Å². The Morgan fingerprint density at radius 3 is 2.92 bits per heavy atom. The molecule has 0 saturated carbocycles. The lowest BCUT2D eigenvalue weighted by Crippen LogP contribution is -2.12. The Bertz CT molecular complexity index is 303. The van der Waals surface area contributed by atoms with Crippen LogP contribution in [0.5, 0.6) is 0 Å². The number of benzene rings is 1. The van der Waals surface area contributed by atoms with Crippen LogP contribution < -0.4 is 5.32 Å². The normalized spacial score (nSPS) is 22.2. The smallest absolute Gasteiger partial charge is 0.0435 e. The standard InChI is InChI=1S/C11H14ClN/c1-8-7-9(4-5-10(8)12)11-3-2-6-13-11/h4-5,7,11,13H,2-3,6H2,1H3/t11-/m0/s1. The van der Waals surface area contributed by atoms with Crippen LogP contribution in [0.25, 0.3) is 0 Å². The second kappa shape index (κ2) is 3.69. The third kappa shape index (κ3) is 1.87. The maximum absolute atomic E-state index is 5.97. The molecule has 1 fully saturated rings. The summed E-state index contributed by atoms with van der Waals surface area (Å²) in [5, 5.41) is 4.34. The molecular weight excluding hydrogens is 182 g/mol. The Kier molecular flexibility index (Phi) is 2.56. The Labute approximate surface area is 84.1 Å². The number of nitrogens with one attached hydrogen (secondary N) is 1. The summed E-state index contributed by atoms with van der Waals surface area (Å²) in [6.45, 7) is 3.20. The maximum atomic E-state index is 5.97. The number of rotatable bonds is 1. The quantitative estimate of drug-likeness (QED) is 0.727. The zero-order valence-corrected chi connectivity index (χ0v) is 8.56. The van der Waals surface area contributed by atoms with Crippen molar-refractivity contribution in [2.75, 3.05) is 6.54 Å².